The maximum absolute atomic E-state index is 10.0. The molecule has 0 aromatic heterocycles. The van der Waals surface area contributed by atoms with Gasteiger partial charge in [0, 0.05) is 45.3 Å². The number of fused-ring (bicyclic) bond motifs is 2. The number of aromatic hydroxyl groups is 4. The summed E-state index contributed by atoms with van der Waals surface area (Å²) in [6.07, 6.45) is 3.15. The Labute approximate surface area is 252 Å². The summed E-state index contributed by atoms with van der Waals surface area (Å²) in [4.78, 5) is 8.50. The maximum atomic E-state index is 10.0. The van der Waals surface area contributed by atoms with Crippen LogP contribution in [0.3, 0.4) is 0 Å². The average Bonchev–Trinajstić information content (AvgIpc) is 2.98. The van der Waals surface area contributed by atoms with E-state index >= 15 is 0 Å². The van der Waals surface area contributed by atoms with Crippen LogP contribution < -0.4 is 0 Å². The summed E-state index contributed by atoms with van der Waals surface area (Å²) in [6.45, 7) is 0. The molecule has 7 heteroatoms. The van der Waals surface area contributed by atoms with Crippen molar-refractivity contribution in [2.45, 2.75) is 0 Å². The normalized spacial score (nSPS) is 10.9. The zero-order chi connectivity index (χ0) is 27.9. The number of phenolic OH excluding ortho intramolecular Hbond substituents is 4. The maximum Gasteiger partial charge on any atom is 0.141 e. The molecule has 0 heterocycles. The first-order valence-electron chi connectivity index (χ1n) is 12.6. The number of para-hydroxylation sites is 4. The van der Waals surface area contributed by atoms with E-state index in [2.05, 4.69) is 9.98 Å². The molecule has 0 spiro atoms. The molecule has 6 aromatic carbocycles. The van der Waals surface area contributed by atoms with Crippen LogP contribution in [0.5, 0.6) is 23.0 Å². The summed E-state index contributed by atoms with van der Waals surface area (Å²) in [6, 6.07) is 36.2. The van der Waals surface area contributed by atoms with Gasteiger partial charge in [-0.3, -0.25) is 9.98 Å². The SMILES string of the molecule is Oc1ccccc1N=Cc1c(O)ccc2ccccc12.Oc1ccccc1N=Cc1c(O)ccc2ccccc12.[Ti]. The predicted molar refractivity (Wildman–Crippen MR) is 162 cm³/mol. The Morgan fingerprint density at radius 1 is 0.390 bits per heavy atom. The second-order valence-electron chi connectivity index (χ2n) is 8.93. The molecular weight excluding hydrogens is 548 g/mol. The summed E-state index contributed by atoms with van der Waals surface area (Å²) in [5.74, 6) is 0.567. The second-order valence-corrected chi connectivity index (χ2v) is 8.93. The number of benzene rings is 6. The molecule has 0 radical (unpaired) electrons. The van der Waals surface area contributed by atoms with E-state index in [1.807, 2.05) is 60.7 Å². The molecule has 6 rings (SSSR count). The van der Waals surface area contributed by atoms with Gasteiger partial charge in [-0.05, 0) is 57.9 Å². The van der Waals surface area contributed by atoms with Crippen molar-refractivity contribution < 1.29 is 42.1 Å². The van der Waals surface area contributed by atoms with Gasteiger partial charge in [0.25, 0.3) is 0 Å². The third kappa shape index (κ3) is 6.82. The first kappa shape index (κ1) is 29.1. The number of nitrogens with zero attached hydrogens (tertiary/aromatic N) is 2. The summed E-state index contributed by atoms with van der Waals surface area (Å²) in [7, 11) is 0. The predicted octanol–water partition coefficient (Wildman–Crippen LogP) is 8.00. The second kappa shape index (κ2) is 13.4. The fraction of sp³-hybridized carbons (Fsp3) is 0. The van der Waals surface area contributed by atoms with Crippen molar-refractivity contribution in [2.75, 3.05) is 0 Å². The standard InChI is InChI=1S/2C17H13NO2.Ti/c2*19-16-10-9-12-5-1-2-6-13(12)14(16)11-18-15-7-3-4-8-17(15)20;/h2*1-11,19-20H;. The quantitative estimate of drug-likeness (QED) is 0.126. The van der Waals surface area contributed by atoms with E-state index in [0.29, 0.717) is 22.5 Å². The first-order chi connectivity index (χ1) is 19.5. The largest absolute Gasteiger partial charge is 0.507 e. The number of hydrogen-bond acceptors (Lipinski definition) is 6. The van der Waals surface area contributed by atoms with Crippen molar-refractivity contribution >= 4 is 45.3 Å². The molecule has 0 saturated carbocycles. The molecule has 0 atom stereocenters. The molecular formula is C34H26N2O4Ti. The van der Waals surface area contributed by atoms with Gasteiger partial charge in [0.15, 0.2) is 0 Å². The molecule has 4 N–H and O–H groups in total. The number of phenols is 4. The van der Waals surface area contributed by atoms with Gasteiger partial charge < -0.3 is 20.4 Å². The van der Waals surface area contributed by atoms with Crippen LogP contribution in [0.2, 0.25) is 0 Å². The van der Waals surface area contributed by atoms with Crippen LogP contribution in [0.15, 0.2) is 131 Å². The number of aliphatic imine (C=N–C) groups is 2. The minimum absolute atomic E-state index is 0. The number of hydrogen-bond donors (Lipinski definition) is 4. The van der Waals surface area contributed by atoms with Crippen LogP contribution in [-0.4, -0.2) is 32.9 Å². The van der Waals surface area contributed by atoms with Crippen LogP contribution in [0.4, 0.5) is 11.4 Å². The smallest absolute Gasteiger partial charge is 0.141 e. The van der Waals surface area contributed by atoms with Gasteiger partial charge in [-0.1, -0.05) is 84.9 Å². The average molecular weight is 574 g/mol. The molecule has 0 bridgehead atoms. The molecule has 6 aromatic rings. The van der Waals surface area contributed by atoms with Gasteiger partial charge >= 0.3 is 0 Å². The van der Waals surface area contributed by atoms with Crippen LogP contribution in [0, 0.1) is 0 Å². The monoisotopic (exact) mass is 574 g/mol. The summed E-state index contributed by atoms with van der Waals surface area (Å²) in [5.41, 5.74) is 2.23. The van der Waals surface area contributed by atoms with E-state index in [4.69, 9.17) is 0 Å². The molecule has 6 nitrogen and oxygen atoms in total. The minimum Gasteiger partial charge on any atom is -0.507 e. The van der Waals surface area contributed by atoms with Crippen LogP contribution in [0.1, 0.15) is 11.1 Å². The molecule has 0 aliphatic carbocycles. The molecule has 0 fully saturated rings. The molecule has 0 amide bonds. The van der Waals surface area contributed by atoms with E-state index in [1.165, 1.54) is 0 Å². The Hall–Kier alpha value is -4.91. The summed E-state index contributed by atoms with van der Waals surface area (Å²) in [5, 5.41) is 43.3. The molecule has 0 aliphatic heterocycles. The molecule has 0 saturated heterocycles. The Morgan fingerprint density at radius 2 is 0.756 bits per heavy atom. The number of rotatable bonds is 4. The zero-order valence-electron chi connectivity index (χ0n) is 21.9. The fourth-order valence-electron chi connectivity index (χ4n) is 4.25. The van der Waals surface area contributed by atoms with Gasteiger partial charge in [0.1, 0.15) is 34.4 Å². The topological polar surface area (TPSA) is 106 Å². The van der Waals surface area contributed by atoms with E-state index < -0.39 is 0 Å². The van der Waals surface area contributed by atoms with Gasteiger partial charge in [0.05, 0.1) is 0 Å². The zero-order valence-corrected chi connectivity index (χ0v) is 23.4. The molecule has 41 heavy (non-hydrogen) atoms. The van der Waals surface area contributed by atoms with Crippen molar-refractivity contribution in [2.24, 2.45) is 9.98 Å². The Balaban J connectivity index is 0.000000184. The van der Waals surface area contributed by atoms with Gasteiger partial charge in [0.2, 0.25) is 0 Å². The van der Waals surface area contributed by atoms with Crippen LogP contribution in [-0.2, 0) is 21.7 Å². The van der Waals surface area contributed by atoms with E-state index in [-0.39, 0.29) is 44.7 Å². The third-order valence-corrected chi connectivity index (χ3v) is 6.32. The minimum atomic E-state index is 0. The fourth-order valence-corrected chi connectivity index (χ4v) is 4.25. The van der Waals surface area contributed by atoms with E-state index in [1.54, 1.807) is 73.1 Å². The molecule has 0 unspecified atom stereocenters. The van der Waals surface area contributed by atoms with Crippen molar-refractivity contribution in [1.29, 1.82) is 0 Å². The van der Waals surface area contributed by atoms with Gasteiger partial charge in [-0.15, -0.1) is 0 Å². The van der Waals surface area contributed by atoms with Crippen molar-refractivity contribution in [3.63, 3.8) is 0 Å². The van der Waals surface area contributed by atoms with Crippen LogP contribution >= 0.6 is 0 Å². The van der Waals surface area contributed by atoms with Gasteiger partial charge in [-0.2, -0.15) is 0 Å². The van der Waals surface area contributed by atoms with E-state index in [0.717, 1.165) is 21.5 Å². The Bertz CT molecular complexity index is 1730. The molecule has 200 valence electrons. The van der Waals surface area contributed by atoms with Crippen LogP contribution in [0.25, 0.3) is 21.5 Å². The van der Waals surface area contributed by atoms with Crippen molar-refractivity contribution in [3.05, 3.63) is 132 Å². The summed E-state index contributed by atoms with van der Waals surface area (Å²) >= 11 is 0. The van der Waals surface area contributed by atoms with E-state index in [9.17, 15) is 20.4 Å². The first-order valence-corrected chi connectivity index (χ1v) is 12.6. The Morgan fingerprint density at radius 3 is 1.17 bits per heavy atom. The molecule has 0 aliphatic rings. The summed E-state index contributed by atoms with van der Waals surface area (Å²) < 4.78 is 0. The Kier molecular flexibility index (Phi) is 9.53. The van der Waals surface area contributed by atoms with Gasteiger partial charge in [-0.25, -0.2) is 0 Å². The third-order valence-electron chi connectivity index (χ3n) is 6.32. The van der Waals surface area contributed by atoms with Crippen molar-refractivity contribution in [1.82, 2.24) is 0 Å². The van der Waals surface area contributed by atoms with Crippen molar-refractivity contribution in [3.8, 4) is 23.0 Å².